The summed E-state index contributed by atoms with van der Waals surface area (Å²) in [4.78, 5) is 22.5. The third-order valence-electron chi connectivity index (χ3n) is 5.48. The first-order valence-electron chi connectivity index (χ1n) is 10.8. The van der Waals surface area contributed by atoms with E-state index in [-0.39, 0.29) is 30.3 Å². The average molecular weight is 475 g/mol. The number of ether oxygens (including phenoxy) is 2. The highest BCUT2D eigenvalue weighted by atomic mass is 19.4. The molecule has 8 nitrogen and oxygen atoms in total. The largest absolute Gasteiger partial charge is 0.486 e. The van der Waals surface area contributed by atoms with Crippen LogP contribution in [-0.4, -0.2) is 49.7 Å². The van der Waals surface area contributed by atoms with Gasteiger partial charge in [-0.1, -0.05) is 30.3 Å². The Kier molecular flexibility index (Phi) is 6.99. The zero-order valence-electron chi connectivity index (χ0n) is 18.5. The van der Waals surface area contributed by atoms with Crippen LogP contribution in [-0.2, 0) is 24.1 Å². The minimum atomic E-state index is -4.54. The van der Waals surface area contributed by atoms with Gasteiger partial charge in [-0.2, -0.15) is 28.2 Å². The molecule has 0 unspecified atom stereocenters. The first-order chi connectivity index (χ1) is 16.3. The first-order valence-corrected chi connectivity index (χ1v) is 10.8. The molecule has 0 bridgehead atoms. The smallest absolute Gasteiger partial charge is 0.435 e. The molecule has 180 valence electrons. The van der Waals surface area contributed by atoms with Gasteiger partial charge in [-0.25, -0.2) is 0 Å². The lowest BCUT2D eigenvalue weighted by molar-refractivity contribution is -0.142. The van der Waals surface area contributed by atoms with Crippen molar-refractivity contribution in [2.45, 2.75) is 45.2 Å². The van der Waals surface area contributed by atoms with Gasteiger partial charge in [0, 0.05) is 31.6 Å². The minimum absolute atomic E-state index is 0.164. The lowest BCUT2D eigenvalue weighted by atomic mass is 10.1. The Morgan fingerprint density at radius 2 is 1.79 bits per heavy atom. The molecule has 3 aromatic rings. The molecule has 4 rings (SSSR count). The summed E-state index contributed by atoms with van der Waals surface area (Å²) in [5.41, 5.74) is 0.321. The maximum absolute atomic E-state index is 12.8. The highest BCUT2D eigenvalue weighted by molar-refractivity contribution is 5.76. The molecule has 0 N–H and O–H groups in total. The average Bonchev–Trinajstić information content (AvgIpc) is 3.20. The van der Waals surface area contributed by atoms with Crippen molar-refractivity contribution in [3.05, 3.63) is 65.7 Å². The summed E-state index contributed by atoms with van der Waals surface area (Å²) in [7, 11) is 0. The summed E-state index contributed by atoms with van der Waals surface area (Å²) < 4.78 is 51.0. The van der Waals surface area contributed by atoms with Crippen LogP contribution in [0.5, 0.6) is 11.8 Å². The van der Waals surface area contributed by atoms with E-state index in [0.717, 1.165) is 16.3 Å². The number of aryl methyl sites for hydroxylation is 1. The van der Waals surface area contributed by atoms with Crippen LogP contribution in [0.15, 0.2) is 48.8 Å². The van der Waals surface area contributed by atoms with Crippen molar-refractivity contribution in [2.75, 3.05) is 13.1 Å². The SMILES string of the molecule is Cc1cc(C(F)(F)F)nn1CC(=O)N1CCC(Oc2ncc(OCc3ccccc3)cn2)CC1. The fourth-order valence-corrected chi connectivity index (χ4v) is 3.59. The minimum Gasteiger partial charge on any atom is -0.486 e. The third-order valence-corrected chi connectivity index (χ3v) is 5.48. The van der Waals surface area contributed by atoms with Crippen LogP contribution in [0.2, 0.25) is 0 Å². The molecule has 1 aromatic carbocycles. The number of carbonyl (C=O) groups is 1. The van der Waals surface area contributed by atoms with E-state index in [1.807, 2.05) is 30.3 Å². The van der Waals surface area contributed by atoms with Crippen molar-refractivity contribution in [1.82, 2.24) is 24.6 Å². The Hall–Kier alpha value is -3.63. The number of rotatable bonds is 7. The van der Waals surface area contributed by atoms with Crippen molar-refractivity contribution in [3.8, 4) is 11.8 Å². The summed E-state index contributed by atoms with van der Waals surface area (Å²) in [6.07, 6.45) is -0.482. The van der Waals surface area contributed by atoms with Gasteiger partial charge in [-0.15, -0.1) is 0 Å². The maximum atomic E-state index is 12.8. The Morgan fingerprint density at radius 1 is 1.12 bits per heavy atom. The summed E-state index contributed by atoms with van der Waals surface area (Å²) in [5, 5.41) is 3.52. The fraction of sp³-hybridized carbons (Fsp3) is 0.391. The van der Waals surface area contributed by atoms with Crippen LogP contribution in [0.3, 0.4) is 0 Å². The molecule has 1 saturated heterocycles. The molecule has 1 amide bonds. The van der Waals surface area contributed by atoms with Crippen LogP contribution >= 0.6 is 0 Å². The summed E-state index contributed by atoms with van der Waals surface area (Å²) in [6.45, 7) is 2.52. The van der Waals surface area contributed by atoms with Gasteiger partial charge in [-0.3, -0.25) is 9.48 Å². The Bertz CT molecular complexity index is 1100. The van der Waals surface area contributed by atoms with Crippen molar-refractivity contribution in [2.24, 2.45) is 0 Å². The van der Waals surface area contributed by atoms with Gasteiger partial charge in [0.2, 0.25) is 5.91 Å². The molecule has 1 aliphatic rings. The Morgan fingerprint density at radius 3 is 2.41 bits per heavy atom. The second-order valence-corrected chi connectivity index (χ2v) is 8.00. The van der Waals surface area contributed by atoms with E-state index in [4.69, 9.17) is 9.47 Å². The topological polar surface area (TPSA) is 82.4 Å². The monoisotopic (exact) mass is 475 g/mol. The zero-order valence-corrected chi connectivity index (χ0v) is 18.5. The van der Waals surface area contributed by atoms with Gasteiger partial charge in [-0.05, 0) is 18.6 Å². The second kappa shape index (κ2) is 10.1. The van der Waals surface area contributed by atoms with Gasteiger partial charge in [0.1, 0.15) is 19.3 Å². The van der Waals surface area contributed by atoms with Crippen molar-refractivity contribution in [1.29, 1.82) is 0 Å². The van der Waals surface area contributed by atoms with E-state index < -0.39 is 11.9 Å². The summed E-state index contributed by atoms with van der Waals surface area (Å²) in [6, 6.07) is 10.9. The normalized spacial score (nSPS) is 14.8. The molecule has 34 heavy (non-hydrogen) atoms. The number of alkyl halides is 3. The number of carbonyl (C=O) groups excluding carboxylic acids is 1. The van der Waals surface area contributed by atoms with Gasteiger partial charge >= 0.3 is 12.2 Å². The number of amides is 1. The Balaban J connectivity index is 1.23. The highest BCUT2D eigenvalue weighted by Gasteiger charge is 2.35. The standard InChI is InChI=1S/C23H24F3N5O3/c1-16-11-20(23(24,25)26)29-31(16)14-21(32)30-9-7-18(8-10-30)34-22-27-12-19(13-28-22)33-15-17-5-3-2-4-6-17/h2-6,11-13,18H,7-10,14-15H2,1H3. The van der Waals surface area contributed by atoms with E-state index in [1.54, 1.807) is 17.3 Å². The lowest BCUT2D eigenvalue weighted by Gasteiger charge is -2.31. The molecule has 0 aliphatic carbocycles. The van der Waals surface area contributed by atoms with E-state index in [9.17, 15) is 18.0 Å². The molecule has 0 radical (unpaired) electrons. The second-order valence-electron chi connectivity index (χ2n) is 8.00. The molecule has 1 fully saturated rings. The molecule has 0 spiro atoms. The summed E-state index contributed by atoms with van der Waals surface area (Å²) in [5.74, 6) is 0.244. The van der Waals surface area contributed by atoms with Crippen LogP contribution in [0.4, 0.5) is 13.2 Å². The number of halogens is 3. The van der Waals surface area contributed by atoms with Crippen molar-refractivity contribution >= 4 is 5.91 Å². The van der Waals surface area contributed by atoms with Crippen molar-refractivity contribution < 1.29 is 27.4 Å². The predicted molar refractivity (Wildman–Crippen MR) is 115 cm³/mol. The lowest BCUT2D eigenvalue weighted by Crippen LogP contribution is -2.43. The zero-order chi connectivity index (χ0) is 24.1. The molecule has 0 saturated carbocycles. The molecule has 3 heterocycles. The predicted octanol–water partition coefficient (Wildman–Crippen LogP) is 3.65. The number of piperidine rings is 1. The number of hydrogen-bond acceptors (Lipinski definition) is 6. The highest BCUT2D eigenvalue weighted by Crippen LogP contribution is 2.28. The van der Waals surface area contributed by atoms with Gasteiger partial charge in [0.25, 0.3) is 0 Å². The molecular weight excluding hydrogens is 451 g/mol. The van der Waals surface area contributed by atoms with Gasteiger partial charge < -0.3 is 14.4 Å². The number of hydrogen-bond donors (Lipinski definition) is 0. The van der Waals surface area contributed by atoms with E-state index in [2.05, 4.69) is 15.1 Å². The molecule has 2 aromatic heterocycles. The fourth-order valence-electron chi connectivity index (χ4n) is 3.59. The van der Waals surface area contributed by atoms with Crippen molar-refractivity contribution in [3.63, 3.8) is 0 Å². The van der Waals surface area contributed by atoms with E-state index >= 15 is 0 Å². The molecule has 1 aliphatic heterocycles. The number of benzene rings is 1. The third kappa shape index (κ3) is 6.03. The van der Waals surface area contributed by atoms with Crippen LogP contribution in [0, 0.1) is 6.92 Å². The molecule has 11 heteroatoms. The van der Waals surface area contributed by atoms with Crippen LogP contribution < -0.4 is 9.47 Å². The first kappa shape index (κ1) is 23.5. The number of nitrogens with zero attached hydrogens (tertiary/aromatic N) is 5. The maximum Gasteiger partial charge on any atom is 0.435 e. The molecular formula is C23H24F3N5O3. The summed E-state index contributed by atoms with van der Waals surface area (Å²) >= 11 is 0. The van der Waals surface area contributed by atoms with E-state index in [1.165, 1.54) is 6.92 Å². The quantitative estimate of drug-likeness (QED) is 0.519. The van der Waals surface area contributed by atoms with Crippen LogP contribution in [0.25, 0.3) is 0 Å². The van der Waals surface area contributed by atoms with E-state index in [0.29, 0.717) is 38.3 Å². The number of likely N-dealkylation sites (tertiary alicyclic amines) is 1. The van der Waals surface area contributed by atoms with Crippen LogP contribution in [0.1, 0.15) is 29.8 Å². The van der Waals surface area contributed by atoms with Gasteiger partial charge in [0.05, 0.1) is 12.4 Å². The van der Waals surface area contributed by atoms with Gasteiger partial charge in [0.15, 0.2) is 11.4 Å². The number of aromatic nitrogens is 4. The Labute approximate surface area is 194 Å². The molecule has 0 atom stereocenters.